The molecule has 1 rings (SSSR count). The molecule has 0 unspecified atom stereocenters. The van der Waals surface area contributed by atoms with Crippen LogP contribution in [-0.2, 0) is 0 Å². The molecule has 0 fully saturated rings. The molecule has 0 saturated heterocycles. The first kappa shape index (κ1) is 16.1. The molecule has 0 aliphatic heterocycles. The van der Waals surface area contributed by atoms with E-state index in [9.17, 15) is 4.39 Å². The molecule has 0 spiro atoms. The molecule has 0 aliphatic rings. The Labute approximate surface area is 105 Å². The van der Waals surface area contributed by atoms with E-state index in [-0.39, 0.29) is 0 Å². The maximum atomic E-state index is 12.1. The summed E-state index contributed by atoms with van der Waals surface area (Å²) in [4.78, 5) is 3.37. The van der Waals surface area contributed by atoms with Gasteiger partial charge in [-0.25, -0.2) is 4.98 Å². The number of halogens is 1. The smallest absolute Gasteiger partial charge is 0.213 e. The van der Waals surface area contributed by atoms with Gasteiger partial charge >= 0.3 is 0 Å². The molecular weight excluding hydrogens is 213 g/mol. The molecule has 0 radical (unpaired) electrons. The predicted molar refractivity (Wildman–Crippen MR) is 72.6 cm³/mol. The SMILES string of the molecule is CCCCCCCCC.Cc1ccnc(F)c1. The molecule has 17 heavy (non-hydrogen) atoms. The van der Waals surface area contributed by atoms with E-state index in [1.54, 1.807) is 6.07 Å². The zero-order valence-electron chi connectivity index (χ0n) is 11.5. The fourth-order valence-electron chi connectivity index (χ4n) is 1.53. The first-order chi connectivity index (χ1) is 8.20. The van der Waals surface area contributed by atoms with Crippen LogP contribution in [0.2, 0.25) is 0 Å². The minimum atomic E-state index is -0.412. The van der Waals surface area contributed by atoms with Gasteiger partial charge < -0.3 is 0 Å². The van der Waals surface area contributed by atoms with Gasteiger partial charge in [-0.3, -0.25) is 0 Å². The van der Waals surface area contributed by atoms with Crippen LogP contribution < -0.4 is 0 Å². The van der Waals surface area contributed by atoms with Crippen LogP contribution in [0.25, 0.3) is 0 Å². The largest absolute Gasteiger partial charge is 0.228 e. The summed E-state index contributed by atoms with van der Waals surface area (Å²) in [6, 6.07) is 3.14. The molecule has 1 aromatic rings. The lowest BCUT2D eigenvalue weighted by Crippen LogP contribution is -1.79. The quantitative estimate of drug-likeness (QED) is 0.486. The fraction of sp³-hybridized carbons (Fsp3) is 0.667. The average Bonchev–Trinajstić information content (AvgIpc) is 2.29. The summed E-state index contributed by atoms with van der Waals surface area (Å²) in [5.74, 6) is -0.412. The van der Waals surface area contributed by atoms with Crippen LogP contribution in [-0.4, -0.2) is 4.98 Å². The highest BCUT2D eigenvalue weighted by Gasteiger charge is 1.86. The van der Waals surface area contributed by atoms with E-state index >= 15 is 0 Å². The van der Waals surface area contributed by atoms with Crippen LogP contribution in [0.1, 0.15) is 64.4 Å². The van der Waals surface area contributed by atoms with Gasteiger partial charge in [0.25, 0.3) is 0 Å². The minimum Gasteiger partial charge on any atom is -0.228 e. The third kappa shape index (κ3) is 11.3. The summed E-state index contributed by atoms with van der Waals surface area (Å²) < 4.78 is 12.1. The standard InChI is InChI=1S/C9H20.C6H6FN/c1-3-5-7-9-8-6-4-2;1-5-2-3-8-6(7)4-5/h3-9H2,1-2H3;2-4H,1H3. The van der Waals surface area contributed by atoms with Crippen molar-refractivity contribution in [3.8, 4) is 0 Å². The second-order valence-corrected chi connectivity index (χ2v) is 4.42. The Hall–Kier alpha value is -0.920. The topological polar surface area (TPSA) is 12.9 Å². The first-order valence-corrected chi connectivity index (χ1v) is 6.78. The summed E-state index contributed by atoms with van der Waals surface area (Å²) in [7, 11) is 0. The Morgan fingerprint density at radius 3 is 1.88 bits per heavy atom. The molecule has 0 atom stereocenters. The van der Waals surface area contributed by atoms with E-state index < -0.39 is 5.95 Å². The van der Waals surface area contributed by atoms with Gasteiger partial charge in [-0.1, -0.05) is 58.8 Å². The van der Waals surface area contributed by atoms with E-state index in [0.717, 1.165) is 5.56 Å². The normalized spacial score (nSPS) is 9.65. The van der Waals surface area contributed by atoms with Gasteiger partial charge in [0, 0.05) is 6.20 Å². The Bertz CT molecular complexity index is 250. The van der Waals surface area contributed by atoms with Crippen molar-refractivity contribution in [3.05, 3.63) is 29.8 Å². The summed E-state index contributed by atoms with van der Waals surface area (Å²) >= 11 is 0. The highest BCUT2D eigenvalue weighted by Crippen LogP contribution is 2.05. The predicted octanol–water partition coefficient (Wildman–Crippen LogP) is 5.29. The fourth-order valence-corrected chi connectivity index (χ4v) is 1.53. The Morgan fingerprint density at radius 1 is 1.00 bits per heavy atom. The summed E-state index contributed by atoms with van der Waals surface area (Å²) in [6.45, 7) is 6.35. The van der Waals surface area contributed by atoms with Gasteiger partial charge in [0.15, 0.2) is 0 Å². The number of pyridine rings is 1. The number of hydrogen-bond donors (Lipinski definition) is 0. The van der Waals surface area contributed by atoms with Gasteiger partial charge in [0.1, 0.15) is 0 Å². The van der Waals surface area contributed by atoms with Gasteiger partial charge in [0.05, 0.1) is 0 Å². The lowest BCUT2D eigenvalue weighted by molar-refractivity contribution is 0.582. The number of unbranched alkanes of at least 4 members (excludes halogenated alkanes) is 6. The highest BCUT2D eigenvalue weighted by atomic mass is 19.1. The van der Waals surface area contributed by atoms with Crippen LogP contribution in [0.4, 0.5) is 4.39 Å². The van der Waals surface area contributed by atoms with Gasteiger partial charge in [0.2, 0.25) is 5.95 Å². The number of aromatic nitrogens is 1. The van der Waals surface area contributed by atoms with Crippen molar-refractivity contribution in [1.29, 1.82) is 0 Å². The lowest BCUT2D eigenvalue weighted by atomic mass is 10.1. The van der Waals surface area contributed by atoms with Gasteiger partial charge in [-0.15, -0.1) is 0 Å². The van der Waals surface area contributed by atoms with Crippen molar-refractivity contribution >= 4 is 0 Å². The van der Waals surface area contributed by atoms with E-state index in [1.807, 2.05) is 6.92 Å². The van der Waals surface area contributed by atoms with Gasteiger partial charge in [-0.2, -0.15) is 4.39 Å². The number of rotatable bonds is 6. The molecule has 0 aromatic carbocycles. The Kier molecular flexibility index (Phi) is 10.9. The molecule has 0 amide bonds. The first-order valence-electron chi connectivity index (χ1n) is 6.78. The average molecular weight is 239 g/mol. The number of hydrogen-bond acceptors (Lipinski definition) is 1. The summed E-state index contributed by atoms with van der Waals surface area (Å²) in [5.41, 5.74) is 0.900. The van der Waals surface area contributed by atoms with Crippen molar-refractivity contribution in [2.75, 3.05) is 0 Å². The molecule has 0 bridgehead atoms. The van der Waals surface area contributed by atoms with Crippen LogP contribution in [0, 0.1) is 12.9 Å². The van der Waals surface area contributed by atoms with Crippen molar-refractivity contribution in [2.45, 2.75) is 65.7 Å². The molecule has 0 aliphatic carbocycles. The minimum absolute atomic E-state index is 0.412. The summed E-state index contributed by atoms with van der Waals surface area (Å²) in [5, 5.41) is 0. The second kappa shape index (κ2) is 11.6. The monoisotopic (exact) mass is 239 g/mol. The van der Waals surface area contributed by atoms with E-state index in [2.05, 4.69) is 18.8 Å². The van der Waals surface area contributed by atoms with Crippen molar-refractivity contribution in [3.63, 3.8) is 0 Å². The number of aryl methyl sites for hydroxylation is 1. The molecule has 2 heteroatoms. The van der Waals surface area contributed by atoms with Crippen LogP contribution >= 0.6 is 0 Å². The third-order valence-electron chi connectivity index (χ3n) is 2.59. The Balaban J connectivity index is 0.000000302. The highest BCUT2D eigenvalue weighted by molar-refractivity contribution is 5.07. The molecular formula is C15H26FN. The van der Waals surface area contributed by atoms with Gasteiger partial charge in [-0.05, 0) is 24.6 Å². The zero-order chi connectivity index (χ0) is 12.9. The summed E-state index contributed by atoms with van der Waals surface area (Å²) in [6.07, 6.45) is 11.4. The molecule has 98 valence electrons. The molecule has 0 N–H and O–H groups in total. The third-order valence-corrected chi connectivity index (χ3v) is 2.59. The van der Waals surface area contributed by atoms with Crippen LogP contribution in [0.15, 0.2) is 18.3 Å². The van der Waals surface area contributed by atoms with E-state index in [1.165, 1.54) is 57.2 Å². The van der Waals surface area contributed by atoms with Crippen LogP contribution in [0.5, 0.6) is 0 Å². The van der Waals surface area contributed by atoms with Crippen molar-refractivity contribution in [2.24, 2.45) is 0 Å². The van der Waals surface area contributed by atoms with Crippen LogP contribution in [0.3, 0.4) is 0 Å². The molecule has 1 aromatic heterocycles. The second-order valence-electron chi connectivity index (χ2n) is 4.42. The lowest BCUT2D eigenvalue weighted by Gasteiger charge is -1.96. The maximum Gasteiger partial charge on any atom is 0.213 e. The van der Waals surface area contributed by atoms with Crippen molar-refractivity contribution in [1.82, 2.24) is 4.98 Å². The zero-order valence-corrected chi connectivity index (χ0v) is 11.5. The van der Waals surface area contributed by atoms with E-state index in [0.29, 0.717) is 0 Å². The molecule has 0 saturated carbocycles. The van der Waals surface area contributed by atoms with Crippen molar-refractivity contribution < 1.29 is 4.39 Å². The maximum absolute atomic E-state index is 12.1. The van der Waals surface area contributed by atoms with E-state index in [4.69, 9.17) is 0 Å². The Morgan fingerprint density at radius 2 is 1.53 bits per heavy atom. The number of nitrogens with zero attached hydrogens (tertiary/aromatic N) is 1. The molecule has 1 heterocycles. The molecule has 1 nitrogen and oxygen atoms in total.